The highest BCUT2D eigenvalue weighted by Gasteiger charge is 2.08. The van der Waals surface area contributed by atoms with Crippen LogP contribution in [0.4, 0.5) is 0 Å². The number of carboxylic acids is 1. The Morgan fingerprint density at radius 3 is 2.68 bits per heavy atom. The van der Waals surface area contributed by atoms with E-state index in [9.17, 15) is 4.79 Å². The van der Waals surface area contributed by atoms with Gasteiger partial charge in [0, 0.05) is 12.6 Å². The van der Waals surface area contributed by atoms with Crippen molar-refractivity contribution in [3.63, 3.8) is 0 Å². The summed E-state index contributed by atoms with van der Waals surface area (Å²) >= 11 is 0. The van der Waals surface area contributed by atoms with E-state index in [1.807, 2.05) is 30.3 Å². The number of pyridine rings is 1. The summed E-state index contributed by atoms with van der Waals surface area (Å²) in [5, 5.41) is 13.2. The van der Waals surface area contributed by atoms with E-state index in [2.05, 4.69) is 10.1 Å². The first-order chi connectivity index (χ1) is 9.22. The van der Waals surface area contributed by atoms with Crippen LogP contribution in [0.5, 0.6) is 0 Å². The van der Waals surface area contributed by atoms with Gasteiger partial charge in [0.1, 0.15) is 0 Å². The number of hydrogen-bond donors (Lipinski definition) is 1. The molecule has 0 radical (unpaired) electrons. The molecule has 1 N–H and O–H groups in total. The average Bonchev–Trinajstić information content (AvgIpc) is 2.80. The number of hydrogen-bond acceptors (Lipinski definition) is 3. The number of nitrogens with zero attached hydrogens (tertiary/aromatic N) is 3. The van der Waals surface area contributed by atoms with Gasteiger partial charge in [-0.1, -0.05) is 30.3 Å². The van der Waals surface area contributed by atoms with Crippen molar-refractivity contribution in [1.29, 1.82) is 0 Å². The van der Waals surface area contributed by atoms with Gasteiger partial charge in [-0.05, 0) is 17.7 Å². The molecule has 0 saturated heterocycles. The van der Waals surface area contributed by atoms with E-state index in [1.54, 1.807) is 6.07 Å². The largest absolute Gasteiger partial charge is 0.478 e. The minimum atomic E-state index is -0.970. The predicted octanol–water partition coefficient (Wildman–Crippen LogP) is 2.02. The van der Waals surface area contributed by atoms with Crippen LogP contribution < -0.4 is 0 Å². The smallest absolute Gasteiger partial charge is 0.337 e. The highest BCUT2D eigenvalue weighted by atomic mass is 16.4. The molecule has 0 saturated carbocycles. The molecular weight excluding hydrogens is 242 g/mol. The summed E-state index contributed by atoms with van der Waals surface area (Å²) in [5.41, 5.74) is 1.97. The summed E-state index contributed by atoms with van der Waals surface area (Å²) < 4.78 is 1.50. The fraction of sp³-hybridized carbons (Fsp3) is 0.0714. The first-order valence-corrected chi connectivity index (χ1v) is 5.85. The zero-order valence-electron chi connectivity index (χ0n) is 10.0. The molecule has 3 rings (SSSR count). The fourth-order valence-corrected chi connectivity index (χ4v) is 1.91. The second-order valence-corrected chi connectivity index (χ2v) is 4.22. The molecule has 5 nitrogen and oxygen atoms in total. The van der Waals surface area contributed by atoms with E-state index in [-0.39, 0.29) is 5.56 Å². The number of rotatable bonds is 3. The molecule has 5 heteroatoms. The fourth-order valence-electron chi connectivity index (χ4n) is 1.91. The number of benzene rings is 1. The van der Waals surface area contributed by atoms with Crippen molar-refractivity contribution in [2.75, 3.05) is 0 Å². The van der Waals surface area contributed by atoms with Crippen LogP contribution in [-0.2, 0) is 6.42 Å². The van der Waals surface area contributed by atoms with Gasteiger partial charge in [-0.25, -0.2) is 14.3 Å². The summed E-state index contributed by atoms with van der Waals surface area (Å²) in [7, 11) is 0. The molecule has 0 aliphatic carbocycles. The Balaban J connectivity index is 1.95. The Morgan fingerprint density at radius 1 is 1.16 bits per heavy atom. The van der Waals surface area contributed by atoms with Gasteiger partial charge < -0.3 is 5.11 Å². The van der Waals surface area contributed by atoms with E-state index in [1.165, 1.54) is 16.8 Å². The van der Waals surface area contributed by atoms with E-state index < -0.39 is 5.97 Å². The lowest BCUT2D eigenvalue weighted by Gasteiger charge is -1.95. The zero-order valence-corrected chi connectivity index (χ0v) is 10.0. The minimum absolute atomic E-state index is 0.198. The molecule has 0 spiro atoms. The lowest BCUT2D eigenvalue weighted by molar-refractivity contribution is 0.0696. The monoisotopic (exact) mass is 253 g/mol. The number of carboxylic acid groups (broad SMARTS) is 1. The van der Waals surface area contributed by atoms with Gasteiger partial charge in [0.2, 0.25) is 0 Å². The number of aromatic nitrogens is 3. The van der Waals surface area contributed by atoms with Gasteiger partial charge in [-0.3, -0.25) is 0 Å². The van der Waals surface area contributed by atoms with Crippen molar-refractivity contribution in [2.24, 2.45) is 0 Å². The van der Waals surface area contributed by atoms with Crippen molar-refractivity contribution in [3.8, 4) is 0 Å². The quantitative estimate of drug-likeness (QED) is 0.775. The van der Waals surface area contributed by atoms with Gasteiger partial charge in [0.05, 0.1) is 5.56 Å². The first kappa shape index (κ1) is 11.4. The summed E-state index contributed by atoms with van der Waals surface area (Å²) in [6.07, 6.45) is 2.10. The standard InChI is InChI=1S/C14H11N3O2/c18-14(19)11-6-7-13-15-12(16-17(13)9-11)8-10-4-2-1-3-5-10/h1-7,9H,8H2,(H,18,19). The highest BCUT2D eigenvalue weighted by Crippen LogP contribution is 2.09. The number of aromatic carboxylic acids is 1. The Bertz CT molecular complexity index is 735. The van der Waals surface area contributed by atoms with E-state index in [0.29, 0.717) is 17.9 Å². The second-order valence-electron chi connectivity index (χ2n) is 4.22. The first-order valence-electron chi connectivity index (χ1n) is 5.85. The number of carbonyl (C=O) groups is 1. The Labute approximate surface area is 109 Å². The molecule has 0 aliphatic heterocycles. The van der Waals surface area contributed by atoms with Crippen LogP contribution in [0.2, 0.25) is 0 Å². The Hall–Kier alpha value is -2.69. The zero-order chi connectivity index (χ0) is 13.2. The summed E-state index contributed by atoms with van der Waals surface area (Å²) in [6, 6.07) is 13.1. The summed E-state index contributed by atoms with van der Waals surface area (Å²) in [6.45, 7) is 0. The SMILES string of the molecule is O=C(O)c1ccc2nc(Cc3ccccc3)nn2c1. The molecule has 0 atom stereocenters. The molecule has 0 amide bonds. The average molecular weight is 253 g/mol. The molecular formula is C14H11N3O2. The highest BCUT2D eigenvalue weighted by molar-refractivity contribution is 5.87. The molecule has 19 heavy (non-hydrogen) atoms. The third kappa shape index (κ3) is 2.30. The van der Waals surface area contributed by atoms with Crippen LogP contribution in [0, 0.1) is 0 Å². The van der Waals surface area contributed by atoms with Gasteiger partial charge >= 0.3 is 5.97 Å². The molecule has 0 aliphatic rings. The normalized spacial score (nSPS) is 10.7. The third-order valence-corrected chi connectivity index (χ3v) is 2.83. The summed E-state index contributed by atoms with van der Waals surface area (Å²) in [5.74, 6) is -0.296. The maximum Gasteiger partial charge on any atom is 0.337 e. The van der Waals surface area contributed by atoms with E-state index in [0.717, 1.165) is 5.56 Å². The summed E-state index contributed by atoms with van der Waals surface area (Å²) in [4.78, 5) is 15.2. The molecule has 0 bridgehead atoms. The van der Waals surface area contributed by atoms with E-state index in [4.69, 9.17) is 5.11 Å². The molecule has 94 valence electrons. The van der Waals surface area contributed by atoms with Gasteiger partial charge in [-0.2, -0.15) is 5.10 Å². The molecule has 0 unspecified atom stereocenters. The lowest BCUT2D eigenvalue weighted by atomic mass is 10.1. The predicted molar refractivity (Wildman–Crippen MR) is 69.2 cm³/mol. The molecule has 3 aromatic rings. The third-order valence-electron chi connectivity index (χ3n) is 2.83. The maximum atomic E-state index is 10.9. The van der Waals surface area contributed by atoms with Crippen LogP contribution in [0.3, 0.4) is 0 Å². The topological polar surface area (TPSA) is 67.5 Å². The van der Waals surface area contributed by atoms with Crippen molar-refractivity contribution >= 4 is 11.6 Å². The minimum Gasteiger partial charge on any atom is -0.478 e. The van der Waals surface area contributed by atoms with E-state index >= 15 is 0 Å². The molecule has 1 aromatic carbocycles. The van der Waals surface area contributed by atoms with Crippen molar-refractivity contribution in [2.45, 2.75) is 6.42 Å². The van der Waals surface area contributed by atoms with Crippen molar-refractivity contribution < 1.29 is 9.90 Å². The molecule has 2 aromatic heterocycles. The Morgan fingerprint density at radius 2 is 1.95 bits per heavy atom. The van der Waals surface area contributed by atoms with Crippen molar-refractivity contribution in [3.05, 3.63) is 65.6 Å². The molecule has 0 fully saturated rings. The number of fused-ring (bicyclic) bond motifs is 1. The van der Waals surface area contributed by atoms with Crippen LogP contribution in [0.25, 0.3) is 5.65 Å². The van der Waals surface area contributed by atoms with Gasteiger partial charge in [-0.15, -0.1) is 0 Å². The van der Waals surface area contributed by atoms with Gasteiger partial charge in [0.25, 0.3) is 0 Å². The maximum absolute atomic E-state index is 10.9. The van der Waals surface area contributed by atoms with Crippen LogP contribution >= 0.6 is 0 Å². The Kier molecular flexibility index (Phi) is 2.72. The van der Waals surface area contributed by atoms with Gasteiger partial charge in [0.15, 0.2) is 11.5 Å². The van der Waals surface area contributed by atoms with Crippen LogP contribution in [-0.4, -0.2) is 25.7 Å². The van der Waals surface area contributed by atoms with Crippen LogP contribution in [0.15, 0.2) is 48.7 Å². The molecule has 2 heterocycles. The second kappa shape index (κ2) is 4.53. The van der Waals surface area contributed by atoms with Crippen LogP contribution in [0.1, 0.15) is 21.7 Å². The lowest BCUT2D eigenvalue weighted by Crippen LogP contribution is -1.99. The van der Waals surface area contributed by atoms with Crippen molar-refractivity contribution in [1.82, 2.24) is 14.6 Å².